The van der Waals surface area contributed by atoms with E-state index in [1.54, 1.807) is 6.92 Å². The number of ether oxygens (including phenoxy) is 1. The Morgan fingerprint density at radius 2 is 2.38 bits per heavy atom. The molecule has 0 saturated heterocycles. The van der Waals surface area contributed by atoms with E-state index >= 15 is 0 Å². The van der Waals surface area contributed by atoms with Crippen LogP contribution in [0.15, 0.2) is 0 Å². The molecule has 50 valence electrons. The molecule has 0 fully saturated rings. The lowest BCUT2D eigenvalue weighted by molar-refractivity contribution is 0.159. The van der Waals surface area contributed by atoms with Gasteiger partial charge in [0.15, 0.2) is 16.5 Å². The van der Waals surface area contributed by atoms with E-state index in [2.05, 4.69) is 4.74 Å². The highest BCUT2D eigenvalue weighted by atomic mass is 32.2. The summed E-state index contributed by atoms with van der Waals surface area (Å²) >= 11 is -1.83. The Morgan fingerprint density at radius 1 is 1.88 bits per heavy atom. The Kier molecular flexibility index (Phi) is 4.03. The number of hydrogen-bond acceptors (Lipinski definition) is 2. The van der Waals surface area contributed by atoms with Crippen LogP contribution in [0.3, 0.4) is 0 Å². The molecular formula is C4H10O3S. The van der Waals surface area contributed by atoms with Crippen LogP contribution in [0, 0.1) is 0 Å². The summed E-state index contributed by atoms with van der Waals surface area (Å²) in [4.78, 5) is 0. The lowest BCUT2D eigenvalue weighted by atomic mass is 10.5. The van der Waals surface area contributed by atoms with E-state index in [9.17, 15) is 4.21 Å². The maximum Gasteiger partial charge on any atom is 0.182 e. The van der Waals surface area contributed by atoms with E-state index in [1.165, 1.54) is 7.11 Å². The van der Waals surface area contributed by atoms with Crippen LogP contribution >= 0.6 is 0 Å². The van der Waals surface area contributed by atoms with Crippen LogP contribution in [0.4, 0.5) is 0 Å². The second kappa shape index (κ2) is 4.00. The van der Waals surface area contributed by atoms with Gasteiger partial charge in [0.25, 0.3) is 0 Å². The van der Waals surface area contributed by atoms with Crippen LogP contribution < -0.4 is 0 Å². The van der Waals surface area contributed by atoms with E-state index in [0.717, 1.165) is 0 Å². The summed E-state index contributed by atoms with van der Waals surface area (Å²) in [5, 5.41) is 0. The zero-order valence-corrected chi connectivity index (χ0v) is 5.77. The first-order chi connectivity index (χ1) is 3.72. The Morgan fingerprint density at radius 3 is 2.38 bits per heavy atom. The van der Waals surface area contributed by atoms with Gasteiger partial charge in [0.2, 0.25) is 0 Å². The predicted octanol–water partition coefficient (Wildman–Crippen LogP) is 0.591. The maximum atomic E-state index is 10.1. The zero-order chi connectivity index (χ0) is 6.57. The minimum absolute atomic E-state index is 0.519. The average molecular weight is 138 g/mol. The average Bonchev–Trinajstić information content (AvgIpc) is 1.69. The summed E-state index contributed by atoms with van der Waals surface area (Å²) in [6, 6.07) is 0. The predicted molar refractivity (Wildman–Crippen MR) is 31.9 cm³/mol. The highest BCUT2D eigenvalue weighted by Crippen LogP contribution is 1.97. The molecule has 2 unspecified atom stereocenters. The van der Waals surface area contributed by atoms with Crippen LogP contribution in [-0.4, -0.2) is 21.3 Å². The summed E-state index contributed by atoms with van der Waals surface area (Å²) in [5.41, 5.74) is -0.519. The van der Waals surface area contributed by atoms with E-state index < -0.39 is 16.5 Å². The topological polar surface area (TPSA) is 46.5 Å². The minimum atomic E-state index is -1.83. The molecule has 8 heavy (non-hydrogen) atoms. The first kappa shape index (κ1) is 8.07. The molecule has 3 nitrogen and oxygen atoms in total. The van der Waals surface area contributed by atoms with Gasteiger partial charge >= 0.3 is 0 Å². The van der Waals surface area contributed by atoms with Gasteiger partial charge in [0.05, 0.1) is 0 Å². The first-order valence-electron chi connectivity index (χ1n) is 2.34. The monoisotopic (exact) mass is 138 g/mol. The Hall–Kier alpha value is 0.0700. The largest absolute Gasteiger partial charge is 0.366 e. The molecule has 0 rings (SSSR count). The summed E-state index contributed by atoms with van der Waals surface area (Å²) < 4.78 is 23.1. The summed E-state index contributed by atoms with van der Waals surface area (Å²) in [6.45, 7) is 1.79. The van der Waals surface area contributed by atoms with Crippen molar-refractivity contribution in [3.8, 4) is 0 Å². The quantitative estimate of drug-likeness (QED) is 0.580. The number of hydrogen-bond donors (Lipinski definition) is 1. The van der Waals surface area contributed by atoms with Crippen molar-refractivity contribution in [2.75, 3.05) is 7.11 Å². The van der Waals surface area contributed by atoms with Crippen molar-refractivity contribution in [2.24, 2.45) is 0 Å². The SMILES string of the molecule is CCC(OC)S(=O)O. The second-order valence-corrected chi connectivity index (χ2v) is 2.43. The molecule has 0 saturated carbocycles. The molecule has 0 radical (unpaired) electrons. The van der Waals surface area contributed by atoms with Crippen molar-refractivity contribution in [1.82, 2.24) is 0 Å². The molecule has 1 N–H and O–H groups in total. The Bertz CT molecular complexity index is 79.4. The molecule has 0 aliphatic rings. The molecule has 0 aliphatic heterocycles. The highest BCUT2D eigenvalue weighted by molar-refractivity contribution is 7.79. The molecule has 2 atom stereocenters. The second-order valence-electron chi connectivity index (χ2n) is 1.35. The number of methoxy groups -OCH3 is 1. The van der Waals surface area contributed by atoms with Gasteiger partial charge in [-0.1, -0.05) is 6.92 Å². The Balaban J connectivity index is 3.52. The van der Waals surface area contributed by atoms with Crippen molar-refractivity contribution in [3.63, 3.8) is 0 Å². The fourth-order valence-electron chi connectivity index (χ4n) is 0.392. The van der Waals surface area contributed by atoms with E-state index in [-0.39, 0.29) is 0 Å². The minimum Gasteiger partial charge on any atom is -0.366 e. The van der Waals surface area contributed by atoms with Crippen molar-refractivity contribution in [3.05, 3.63) is 0 Å². The molecule has 0 amide bonds. The van der Waals surface area contributed by atoms with Crippen molar-refractivity contribution < 1.29 is 13.5 Å². The first-order valence-corrected chi connectivity index (χ1v) is 3.51. The molecular weight excluding hydrogens is 128 g/mol. The van der Waals surface area contributed by atoms with E-state index in [1.807, 2.05) is 0 Å². The van der Waals surface area contributed by atoms with Crippen LogP contribution in [0.5, 0.6) is 0 Å². The summed E-state index contributed by atoms with van der Waals surface area (Å²) in [6.07, 6.45) is 0.569. The van der Waals surface area contributed by atoms with Gasteiger partial charge in [-0.15, -0.1) is 0 Å². The van der Waals surface area contributed by atoms with Gasteiger partial charge in [-0.3, -0.25) is 0 Å². The van der Waals surface area contributed by atoms with Gasteiger partial charge in [0.1, 0.15) is 0 Å². The van der Waals surface area contributed by atoms with Crippen molar-refractivity contribution >= 4 is 11.1 Å². The fourth-order valence-corrected chi connectivity index (χ4v) is 0.841. The van der Waals surface area contributed by atoms with Gasteiger partial charge in [-0.05, 0) is 6.42 Å². The lowest BCUT2D eigenvalue weighted by Crippen LogP contribution is -2.14. The van der Waals surface area contributed by atoms with Crippen LogP contribution in [-0.2, 0) is 15.8 Å². The van der Waals surface area contributed by atoms with Gasteiger partial charge in [-0.25, -0.2) is 4.21 Å². The third-order valence-corrected chi connectivity index (χ3v) is 1.80. The molecule has 0 spiro atoms. The van der Waals surface area contributed by atoms with E-state index in [4.69, 9.17) is 4.55 Å². The van der Waals surface area contributed by atoms with Gasteiger partial charge in [-0.2, -0.15) is 0 Å². The lowest BCUT2D eigenvalue weighted by Gasteiger charge is -2.05. The zero-order valence-electron chi connectivity index (χ0n) is 4.96. The smallest absolute Gasteiger partial charge is 0.182 e. The summed E-state index contributed by atoms with van der Waals surface area (Å²) in [5.74, 6) is 0. The van der Waals surface area contributed by atoms with Crippen LogP contribution in [0.1, 0.15) is 13.3 Å². The van der Waals surface area contributed by atoms with Crippen molar-refractivity contribution in [2.45, 2.75) is 18.8 Å². The van der Waals surface area contributed by atoms with Gasteiger partial charge in [0, 0.05) is 7.11 Å². The van der Waals surface area contributed by atoms with Crippen molar-refractivity contribution in [1.29, 1.82) is 0 Å². The van der Waals surface area contributed by atoms with E-state index in [0.29, 0.717) is 6.42 Å². The molecule has 0 aliphatic carbocycles. The normalized spacial score (nSPS) is 17.9. The fraction of sp³-hybridized carbons (Fsp3) is 1.00. The van der Waals surface area contributed by atoms with Gasteiger partial charge < -0.3 is 9.29 Å². The third-order valence-electron chi connectivity index (χ3n) is 0.821. The van der Waals surface area contributed by atoms with Crippen LogP contribution in [0.2, 0.25) is 0 Å². The molecule has 0 aromatic heterocycles. The van der Waals surface area contributed by atoms with Crippen LogP contribution in [0.25, 0.3) is 0 Å². The molecule has 0 aromatic rings. The molecule has 4 heteroatoms. The standard InChI is InChI=1S/C4H10O3S/c1-3-4(7-2)8(5)6/h4H,3H2,1-2H3,(H,5,6). The third kappa shape index (κ3) is 2.40. The number of rotatable bonds is 3. The molecule has 0 aromatic carbocycles. The highest BCUT2D eigenvalue weighted by Gasteiger charge is 2.08. The molecule has 0 bridgehead atoms. The summed E-state index contributed by atoms with van der Waals surface area (Å²) in [7, 11) is 1.42. The maximum absolute atomic E-state index is 10.1. The Labute approximate surface area is 51.3 Å². The molecule has 0 heterocycles.